The molecule has 4 heteroatoms. The molecule has 124 valence electrons. The Labute approximate surface area is 136 Å². The van der Waals surface area contributed by atoms with E-state index in [1.165, 1.54) is 0 Å². The van der Waals surface area contributed by atoms with Gasteiger partial charge in [0.25, 0.3) is 0 Å². The van der Waals surface area contributed by atoms with E-state index >= 15 is 0 Å². The van der Waals surface area contributed by atoms with Gasteiger partial charge < -0.3 is 10.1 Å². The van der Waals surface area contributed by atoms with Gasteiger partial charge in [-0.15, -0.1) is 0 Å². The summed E-state index contributed by atoms with van der Waals surface area (Å²) in [5.41, 5.74) is 1.25. The topological polar surface area (TPSA) is 70.2 Å². The predicted molar refractivity (Wildman–Crippen MR) is 91.7 cm³/mol. The summed E-state index contributed by atoms with van der Waals surface area (Å²) in [5.74, 6) is -2.03. The van der Waals surface area contributed by atoms with Crippen molar-refractivity contribution in [2.75, 3.05) is 0 Å². The smallest absolute Gasteiger partial charge is 0.314 e. The van der Waals surface area contributed by atoms with Crippen molar-refractivity contribution in [1.29, 1.82) is 0 Å². The van der Waals surface area contributed by atoms with Crippen molar-refractivity contribution in [3.05, 3.63) is 36.0 Å². The minimum absolute atomic E-state index is 0.282. The number of hydrogen-bond donors (Lipinski definition) is 2. The number of benzene rings is 1. The van der Waals surface area contributed by atoms with Crippen LogP contribution in [0.2, 0.25) is 0 Å². The average Bonchev–Trinajstić information content (AvgIpc) is 2.98. The average molecular weight is 315 g/mol. The molecule has 23 heavy (non-hydrogen) atoms. The third kappa shape index (κ3) is 4.21. The van der Waals surface area contributed by atoms with Crippen LogP contribution in [0.15, 0.2) is 30.3 Å². The molecule has 2 rings (SSSR count). The molecule has 0 spiro atoms. The van der Waals surface area contributed by atoms with Crippen LogP contribution < -0.4 is 0 Å². The number of carboxylic acid groups (broad SMARTS) is 1. The highest BCUT2D eigenvalue weighted by Crippen LogP contribution is 2.25. The van der Waals surface area contributed by atoms with Crippen LogP contribution in [0.3, 0.4) is 0 Å². The summed E-state index contributed by atoms with van der Waals surface area (Å²) in [6.45, 7) is 4.18. The van der Waals surface area contributed by atoms with E-state index in [0.717, 1.165) is 36.6 Å². The first-order valence-electron chi connectivity index (χ1n) is 8.41. The Balaban J connectivity index is 2.18. The van der Waals surface area contributed by atoms with Gasteiger partial charge in [-0.3, -0.25) is 9.59 Å². The van der Waals surface area contributed by atoms with E-state index in [-0.39, 0.29) is 11.7 Å². The molecular weight excluding hydrogens is 290 g/mol. The lowest BCUT2D eigenvalue weighted by Crippen LogP contribution is -2.26. The lowest BCUT2D eigenvalue weighted by Gasteiger charge is -2.18. The van der Waals surface area contributed by atoms with E-state index in [1.54, 1.807) is 6.07 Å². The van der Waals surface area contributed by atoms with Crippen LogP contribution in [0.1, 0.15) is 56.4 Å². The number of fused-ring (bicyclic) bond motifs is 1. The predicted octanol–water partition coefficient (Wildman–Crippen LogP) is 4.66. The van der Waals surface area contributed by atoms with Crippen molar-refractivity contribution in [2.24, 2.45) is 11.8 Å². The summed E-state index contributed by atoms with van der Waals surface area (Å²) in [6, 6.07) is 9.34. The standard InChI is InChI=1S/C19H25NO3/c1-3-5-8-13(4-2)11-15(19(22)23)18(21)17-12-14-9-6-7-10-16(14)20-17/h6-7,9-10,12-13,15,20H,3-5,8,11H2,1-2H3,(H,22,23). The van der Waals surface area contributed by atoms with Gasteiger partial charge in [-0.05, 0) is 24.5 Å². The zero-order valence-corrected chi connectivity index (χ0v) is 13.8. The molecule has 0 bridgehead atoms. The van der Waals surface area contributed by atoms with E-state index in [9.17, 15) is 14.7 Å². The number of hydrogen-bond acceptors (Lipinski definition) is 2. The van der Waals surface area contributed by atoms with Crippen LogP contribution in [-0.2, 0) is 4.79 Å². The van der Waals surface area contributed by atoms with Crippen molar-refractivity contribution in [2.45, 2.75) is 46.0 Å². The molecule has 1 heterocycles. The summed E-state index contributed by atoms with van der Waals surface area (Å²) in [5, 5.41) is 10.4. The van der Waals surface area contributed by atoms with Crippen LogP contribution in [0.4, 0.5) is 0 Å². The number of carbonyl (C=O) groups is 2. The van der Waals surface area contributed by atoms with Crippen molar-refractivity contribution in [3.63, 3.8) is 0 Å². The highest BCUT2D eigenvalue weighted by molar-refractivity contribution is 6.09. The summed E-state index contributed by atoms with van der Waals surface area (Å²) in [7, 11) is 0. The molecule has 4 nitrogen and oxygen atoms in total. The lowest BCUT2D eigenvalue weighted by atomic mass is 9.86. The molecule has 2 atom stereocenters. The van der Waals surface area contributed by atoms with Crippen molar-refractivity contribution in [3.8, 4) is 0 Å². The number of rotatable bonds is 9. The van der Waals surface area contributed by atoms with Gasteiger partial charge in [0.2, 0.25) is 0 Å². The Hall–Kier alpha value is -2.10. The molecular formula is C19H25NO3. The molecule has 0 aliphatic heterocycles. The van der Waals surface area contributed by atoms with Crippen LogP contribution in [0.5, 0.6) is 0 Å². The number of ketones is 1. The van der Waals surface area contributed by atoms with Crippen molar-refractivity contribution < 1.29 is 14.7 Å². The molecule has 2 N–H and O–H groups in total. The van der Waals surface area contributed by atoms with Gasteiger partial charge in [0.15, 0.2) is 5.78 Å². The first kappa shape index (κ1) is 17.3. The fourth-order valence-corrected chi connectivity index (χ4v) is 3.03. The minimum atomic E-state index is -1.02. The highest BCUT2D eigenvalue weighted by atomic mass is 16.4. The fraction of sp³-hybridized carbons (Fsp3) is 0.474. The number of aliphatic carboxylic acids is 1. The summed E-state index contributed by atoms with van der Waals surface area (Å²) >= 11 is 0. The van der Waals surface area contributed by atoms with Gasteiger partial charge >= 0.3 is 5.97 Å². The van der Waals surface area contributed by atoms with Gasteiger partial charge in [0.05, 0.1) is 5.69 Å². The fourth-order valence-electron chi connectivity index (χ4n) is 3.03. The third-order valence-electron chi connectivity index (χ3n) is 4.52. The van der Waals surface area contributed by atoms with Crippen molar-refractivity contribution in [1.82, 2.24) is 4.98 Å². The van der Waals surface area contributed by atoms with Crippen molar-refractivity contribution >= 4 is 22.7 Å². The molecule has 0 amide bonds. The monoisotopic (exact) mass is 315 g/mol. The highest BCUT2D eigenvalue weighted by Gasteiger charge is 2.30. The Morgan fingerprint density at radius 2 is 1.96 bits per heavy atom. The summed E-state index contributed by atoms with van der Waals surface area (Å²) < 4.78 is 0. The molecule has 0 aliphatic rings. The molecule has 1 aromatic heterocycles. The number of nitrogens with one attached hydrogen (secondary N) is 1. The first-order valence-corrected chi connectivity index (χ1v) is 8.41. The normalized spacial score (nSPS) is 13.8. The molecule has 0 saturated heterocycles. The number of carboxylic acids is 1. The van der Waals surface area contributed by atoms with E-state index in [2.05, 4.69) is 18.8 Å². The molecule has 0 saturated carbocycles. The second-order valence-corrected chi connectivity index (χ2v) is 6.18. The number of H-pyrrole nitrogens is 1. The lowest BCUT2D eigenvalue weighted by molar-refractivity contribution is -0.140. The van der Waals surface area contributed by atoms with Gasteiger partial charge in [-0.1, -0.05) is 57.7 Å². The second kappa shape index (κ2) is 7.95. The maximum Gasteiger partial charge on any atom is 0.314 e. The minimum Gasteiger partial charge on any atom is -0.481 e. The van der Waals surface area contributed by atoms with E-state index < -0.39 is 11.9 Å². The van der Waals surface area contributed by atoms with E-state index in [4.69, 9.17) is 0 Å². The van der Waals surface area contributed by atoms with Gasteiger partial charge in [0.1, 0.15) is 5.92 Å². The number of aromatic nitrogens is 1. The maximum absolute atomic E-state index is 12.7. The Morgan fingerprint density at radius 1 is 1.22 bits per heavy atom. The summed E-state index contributed by atoms with van der Waals surface area (Å²) in [4.78, 5) is 27.3. The largest absolute Gasteiger partial charge is 0.481 e. The van der Waals surface area contributed by atoms with Gasteiger partial charge in [-0.25, -0.2) is 0 Å². The van der Waals surface area contributed by atoms with E-state index in [1.807, 2.05) is 24.3 Å². The zero-order chi connectivity index (χ0) is 16.8. The summed E-state index contributed by atoms with van der Waals surface area (Å²) in [6.07, 6.45) is 4.47. The SMILES string of the molecule is CCCCC(CC)CC(C(=O)O)C(=O)c1cc2ccccc2[nH]1. The number of para-hydroxylation sites is 1. The van der Waals surface area contributed by atoms with Gasteiger partial charge in [0, 0.05) is 10.9 Å². The second-order valence-electron chi connectivity index (χ2n) is 6.18. The quantitative estimate of drug-likeness (QED) is 0.522. The van der Waals surface area contributed by atoms with Crippen LogP contribution in [0, 0.1) is 11.8 Å². The number of carbonyl (C=O) groups excluding carboxylic acids is 1. The Kier molecular flexibility index (Phi) is 5.97. The van der Waals surface area contributed by atoms with Crippen LogP contribution in [0.25, 0.3) is 10.9 Å². The Morgan fingerprint density at radius 3 is 2.57 bits per heavy atom. The third-order valence-corrected chi connectivity index (χ3v) is 4.52. The molecule has 0 aliphatic carbocycles. The number of unbranched alkanes of at least 4 members (excludes halogenated alkanes) is 1. The van der Waals surface area contributed by atoms with E-state index in [0.29, 0.717) is 12.1 Å². The molecule has 2 unspecified atom stereocenters. The first-order chi connectivity index (χ1) is 11.1. The van der Waals surface area contributed by atoms with Crippen LogP contribution in [-0.4, -0.2) is 21.8 Å². The number of aromatic amines is 1. The molecule has 0 radical (unpaired) electrons. The zero-order valence-electron chi connectivity index (χ0n) is 13.8. The van der Waals surface area contributed by atoms with Gasteiger partial charge in [-0.2, -0.15) is 0 Å². The molecule has 0 fully saturated rings. The number of Topliss-reactive ketones (excluding diaryl/α,β-unsaturated/α-hetero) is 1. The maximum atomic E-state index is 12.7. The molecule has 1 aromatic carbocycles. The van der Waals surface area contributed by atoms with Crippen LogP contribution >= 0.6 is 0 Å². The molecule has 2 aromatic rings. The Bertz CT molecular complexity index is 641.